The summed E-state index contributed by atoms with van der Waals surface area (Å²) in [6, 6.07) is 6.21. The predicted octanol–water partition coefficient (Wildman–Crippen LogP) is 1.22. The van der Waals surface area contributed by atoms with Crippen molar-refractivity contribution in [3.63, 3.8) is 0 Å². The summed E-state index contributed by atoms with van der Waals surface area (Å²) in [7, 11) is 0. The van der Waals surface area contributed by atoms with Gasteiger partial charge in [0.05, 0.1) is 5.41 Å². The number of rotatable bonds is 4. The molecular weight excluding hydrogens is 360 g/mol. The van der Waals surface area contributed by atoms with Gasteiger partial charge in [-0.1, -0.05) is 6.92 Å². The highest BCUT2D eigenvalue weighted by molar-refractivity contribution is 6.12. The molecule has 1 aromatic rings. The molecule has 4 rings (SSSR count). The Morgan fingerprint density at radius 3 is 2.46 bits per heavy atom. The van der Waals surface area contributed by atoms with Gasteiger partial charge in [-0.25, -0.2) is 4.79 Å². The Morgan fingerprint density at radius 2 is 1.82 bits per heavy atom. The highest BCUT2D eigenvalue weighted by Crippen LogP contribution is 2.41. The summed E-state index contributed by atoms with van der Waals surface area (Å²) in [5.41, 5.74) is 0.667. The smallest absolute Gasteiger partial charge is 0.329 e. The van der Waals surface area contributed by atoms with Crippen LogP contribution >= 0.6 is 0 Å². The number of carbonyl (C=O) groups excluding carboxylic acids is 4. The molecule has 3 saturated heterocycles. The number of hydrogen-bond donors (Lipinski definition) is 1. The van der Waals surface area contributed by atoms with Gasteiger partial charge in [0.1, 0.15) is 6.54 Å². The molecule has 1 N–H and O–H groups in total. The van der Waals surface area contributed by atoms with Crippen LogP contribution in [0.5, 0.6) is 0 Å². The number of hydrogen-bond acceptors (Lipinski definition) is 4. The maximum Gasteiger partial charge on any atom is 0.329 e. The minimum Gasteiger partial charge on any atom is -0.342 e. The van der Waals surface area contributed by atoms with E-state index in [2.05, 4.69) is 12.2 Å². The highest BCUT2D eigenvalue weighted by atomic mass is 16.2. The van der Waals surface area contributed by atoms with Crippen molar-refractivity contribution in [2.45, 2.75) is 26.2 Å². The number of nitrogens with zero attached hydrogens (tertiary/aromatic N) is 3. The normalized spacial score (nSPS) is 24.6. The first-order valence-corrected chi connectivity index (χ1v) is 9.73. The van der Waals surface area contributed by atoms with Gasteiger partial charge in [-0.3, -0.25) is 24.6 Å². The SMILES string of the molecule is CCCN1CCC2(CCN(C(=O)c3ccc(N4CC(=O)NC4=O)cc3)C2)C1=O. The molecule has 3 fully saturated rings. The second-order valence-corrected chi connectivity index (χ2v) is 7.79. The van der Waals surface area contributed by atoms with Crippen LogP contribution < -0.4 is 10.2 Å². The maximum atomic E-state index is 12.9. The molecule has 3 aliphatic rings. The van der Waals surface area contributed by atoms with Crippen LogP contribution in [0.1, 0.15) is 36.5 Å². The lowest BCUT2D eigenvalue weighted by Gasteiger charge is -2.23. The summed E-state index contributed by atoms with van der Waals surface area (Å²) < 4.78 is 0. The third-order valence-electron chi connectivity index (χ3n) is 5.95. The molecule has 1 unspecified atom stereocenters. The first-order valence-electron chi connectivity index (χ1n) is 9.73. The van der Waals surface area contributed by atoms with Crippen molar-refractivity contribution in [2.24, 2.45) is 5.41 Å². The molecule has 1 atom stereocenters. The Balaban J connectivity index is 1.44. The number of urea groups is 1. The standard InChI is InChI=1S/C20H24N4O4/c1-2-9-22-10-7-20(18(22)27)8-11-23(13-20)17(26)14-3-5-15(6-4-14)24-12-16(25)21-19(24)28/h3-6H,2,7-13H2,1H3,(H,21,25,28). The monoisotopic (exact) mass is 384 g/mol. The molecule has 0 radical (unpaired) electrons. The van der Waals surface area contributed by atoms with Crippen molar-refractivity contribution in [3.8, 4) is 0 Å². The van der Waals surface area contributed by atoms with Crippen molar-refractivity contribution in [1.29, 1.82) is 0 Å². The average molecular weight is 384 g/mol. The zero-order chi connectivity index (χ0) is 19.9. The predicted molar refractivity (Wildman–Crippen MR) is 102 cm³/mol. The number of nitrogens with one attached hydrogen (secondary N) is 1. The van der Waals surface area contributed by atoms with E-state index in [1.807, 2.05) is 4.90 Å². The van der Waals surface area contributed by atoms with E-state index >= 15 is 0 Å². The van der Waals surface area contributed by atoms with Crippen LogP contribution in [0.4, 0.5) is 10.5 Å². The van der Waals surface area contributed by atoms with E-state index in [9.17, 15) is 19.2 Å². The van der Waals surface area contributed by atoms with Gasteiger partial charge in [0, 0.05) is 37.4 Å². The van der Waals surface area contributed by atoms with E-state index < -0.39 is 11.4 Å². The van der Waals surface area contributed by atoms with Crippen LogP contribution in [0.15, 0.2) is 24.3 Å². The summed E-state index contributed by atoms with van der Waals surface area (Å²) in [5, 5.41) is 2.23. The number of anilines is 1. The second-order valence-electron chi connectivity index (χ2n) is 7.79. The minimum atomic E-state index is -0.457. The fraction of sp³-hybridized carbons (Fsp3) is 0.500. The topological polar surface area (TPSA) is 90.0 Å². The molecule has 0 bridgehead atoms. The van der Waals surface area contributed by atoms with Crippen LogP contribution in [0, 0.1) is 5.41 Å². The first-order chi connectivity index (χ1) is 13.4. The van der Waals surface area contributed by atoms with Gasteiger partial charge in [0.15, 0.2) is 0 Å². The molecule has 0 aromatic heterocycles. The van der Waals surface area contributed by atoms with Crippen LogP contribution in [0.25, 0.3) is 0 Å². The number of benzene rings is 1. The van der Waals surface area contributed by atoms with Gasteiger partial charge in [0.25, 0.3) is 5.91 Å². The molecule has 5 amide bonds. The summed E-state index contributed by atoms with van der Waals surface area (Å²) in [6.45, 7) is 4.65. The highest BCUT2D eigenvalue weighted by Gasteiger charge is 2.51. The third-order valence-corrected chi connectivity index (χ3v) is 5.95. The van der Waals surface area contributed by atoms with Gasteiger partial charge in [-0.2, -0.15) is 0 Å². The van der Waals surface area contributed by atoms with Crippen LogP contribution in [0.2, 0.25) is 0 Å². The van der Waals surface area contributed by atoms with Crippen LogP contribution in [0.3, 0.4) is 0 Å². The molecule has 1 spiro atoms. The van der Waals surface area contributed by atoms with Crippen LogP contribution in [-0.2, 0) is 9.59 Å². The van der Waals surface area contributed by atoms with Gasteiger partial charge >= 0.3 is 6.03 Å². The molecule has 8 nitrogen and oxygen atoms in total. The summed E-state index contributed by atoms with van der Waals surface area (Å²) in [6.07, 6.45) is 2.47. The van der Waals surface area contributed by atoms with E-state index in [0.717, 1.165) is 25.9 Å². The van der Waals surface area contributed by atoms with Gasteiger partial charge in [-0.15, -0.1) is 0 Å². The van der Waals surface area contributed by atoms with Gasteiger partial charge in [0.2, 0.25) is 11.8 Å². The molecule has 3 heterocycles. The Morgan fingerprint density at radius 1 is 1.11 bits per heavy atom. The molecular formula is C20H24N4O4. The lowest BCUT2D eigenvalue weighted by molar-refractivity contribution is -0.135. The van der Waals surface area contributed by atoms with Crippen molar-refractivity contribution in [2.75, 3.05) is 37.6 Å². The third kappa shape index (κ3) is 3.02. The molecule has 1 aromatic carbocycles. The molecule has 0 aliphatic carbocycles. The van der Waals surface area contributed by atoms with E-state index in [-0.39, 0.29) is 24.3 Å². The Kier molecular flexibility index (Phi) is 4.56. The van der Waals surface area contributed by atoms with Crippen molar-refractivity contribution >= 4 is 29.4 Å². The first kappa shape index (κ1) is 18.5. The van der Waals surface area contributed by atoms with Gasteiger partial charge < -0.3 is 9.80 Å². The van der Waals surface area contributed by atoms with Crippen molar-refractivity contribution in [1.82, 2.24) is 15.1 Å². The van der Waals surface area contributed by atoms with Crippen molar-refractivity contribution < 1.29 is 19.2 Å². The zero-order valence-corrected chi connectivity index (χ0v) is 15.9. The quantitative estimate of drug-likeness (QED) is 0.791. The fourth-order valence-electron chi connectivity index (χ4n) is 4.42. The minimum absolute atomic E-state index is 0.0167. The lowest BCUT2D eigenvalue weighted by Crippen LogP contribution is -2.38. The second kappa shape index (κ2) is 6.92. The maximum absolute atomic E-state index is 12.9. The molecule has 148 valence electrons. The largest absolute Gasteiger partial charge is 0.342 e. The molecule has 0 saturated carbocycles. The fourth-order valence-corrected chi connectivity index (χ4v) is 4.42. The Bertz CT molecular complexity index is 837. The molecule has 8 heteroatoms. The number of imide groups is 1. The van der Waals surface area contributed by atoms with E-state index in [0.29, 0.717) is 30.8 Å². The zero-order valence-electron chi connectivity index (χ0n) is 15.9. The number of likely N-dealkylation sites (tertiary alicyclic amines) is 2. The van der Waals surface area contributed by atoms with Crippen molar-refractivity contribution in [3.05, 3.63) is 29.8 Å². The molecule has 3 aliphatic heterocycles. The van der Waals surface area contributed by atoms with Crippen LogP contribution in [-0.4, -0.2) is 66.3 Å². The van der Waals surface area contributed by atoms with E-state index in [4.69, 9.17) is 0 Å². The summed E-state index contributed by atoms with van der Waals surface area (Å²) in [4.78, 5) is 53.8. The molecule has 28 heavy (non-hydrogen) atoms. The van der Waals surface area contributed by atoms with E-state index in [1.165, 1.54) is 4.90 Å². The summed E-state index contributed by atoms with van der Waals surface area (Å²) in [5.74, 6) is -0.261. The van der Waals surface area contributed by atoms with E-state index in [1.54, 1.807) is 29.2 Å². The number of amides is 5. The average Bonchev–Trinajstić information content (AvgIpc) is 3.36. The number of carbonyl (C=O) groups is 4. The van der Waals surface area contributed by atoms with Gasteiger partial charge in [-0.05, 0) is 43.5 Å². The summed E-state index contributed by atoms with van der Waals surface area (Å²) >= 11 is 0. The Hall–Kier alpha value is -2.90. The lowest BCUT2D eigenvalue weighted by atomic mass is 9.85. The Labute approximate surface area is 163 Å².